The summed E-state index contributed by atoms with van der Waals surface area (Å²) in [7, 11) is 3.29. The third-order valence-corrected chi connectivity index (χ3v) is 18.4. The van der Waals surface area contributed by atoms with E-state index in [1.807, 2.05) is 211 Å². The lowest BCUT2D eigenvalue weighted by Crippen LogP contribution is -3.00. The molecule has 118 heavy (non-hydrogen) atoms. The van der Waals surface area contributed by atoms with Gasteiger partial charge in [-0.3, -0.25) is 24.2 Å². The Morgan fingerprint density at radius 3 is 1.27 bits per heavy atom. The average Bonchev–Trinajstić information content (AvgIpc) is 0.818. The number of rotatable bonds is 41. The van der Waals surface area contributed by atoms with Gasteiger partial charge in [0.1, 0.15) is 78.9 Å². The minimum absolute atomic E-state index is 0. The zero-order valence-corrected chi connectivity index (χ0v) is 71.9. The molecule has 0 aromatic heterocycles. The number of carbonyl (C=O) groups is 9. The van der Waals surface area contributed by atoms with Crippen LogP contribution in [0.4, 0.5) is 14.4 Å². The largest absolute Gasteiger partial charge is 1.00 e. The number of alkyl carbamates (subject to hydrolysis) is 1. The summed E-state index contributed by atoms with van der Waals surface area (Å²) in [6, 6.07) is 57.2. The van der Waals surface area contributed by atoms with E-state index in [1.165, 1.54) is 28.7 Å². The molecule has 7 aromatic carbocycles. The number of carbonyl (C=O) groups excluding carboxylic acids is 9. The number of aliphatic carboxylic acids is 1. The van der Waals surface area contributed by atoms with Gasteiger partial charge in [-0.2, -0.15) is 0 Å². The van der Waals surface area contributed by atoms with Crippen molar-refractivity contribution in [2.24, 2.45) is 0 Å². The summed E-state index contributed by atoms with van der Waals surface area (Å²) in [5.74, 6) is -2.29. The number of aryl methyl sites for hydroxylation is 2. The lowest BCUT2D eigenvalue weighted by molar-refractivity contribution is -0.646. The molecule has 0 saturated carbocycles. The van der Waals surface area contributed by atoms with Crippen molar-refractivity contribution in [2.45, 2.75) is 227 Å². The van der Waals surface area contributed by atoms with Crippen LogP contribution in [0.5, 0.6) is 11.5 Å². The molecule has 8 atom stereocenters. The molecular weight excluding hydrogens is 1520 g/mol. The molecule has 25 nitrogen and oxygen atoms in total. The van der Waals surface area contributed by atoms with E-state index in [4.69, 9.17) is 33.2 Å². The number of nitrogens with two attached hydrogens (primary N) is 1. The SMILES string of the molecule is CCC[C@@H](C(=O)N(C)[C@H](C)C(=O)N[C@H](Cc1ccccc1)C(=O)[O-])N(C[C@@H](C)Oc1ccccc1CCC[NH3+])C(=O)OC(C)(C)C.CCC[C@@H](C(=O)OCc1ccccc1)N(C[C@@H](C)Oc1ccccc1CCCNC(=O)OCc1ccccc1)C(=O)OC(C)(C)C.C[NH2+][C@H](C)C(=O)N[C@H](Cc1ccccc1)C(=O)OCc1ccccc1.[Cl-]. The Labute approximate surface area is 703 Å². The molecule has 7 aromatic rings. The zero-order chi connectivity index (χ0) is 85.9. The second-order valence-electron chi connectivity index (χ2n) is 30.8. The molecule has 0 aliphatic heterocycles. The number of halogens is 1. The maximum Gasteiger partial charge on any atom is 0.411 e. The van der Waals surface area contributed by atoms with Gasteiger partial charge in [-0.15, -0.1) is 0 Å². The van der Waals surface area contributed by atoms with Gasteiger partial charge in [-0.05, 0) is 159 Å². The minimum atomic E-state index is -1.43. The Bertz CT molecular complexity index is 4140. The van der Waals surface area contributed by atoms with Crippen molar-refractivity contribution in [3.05, 3.63) is 239 Å². The van der Waals surface area contributed by atoms with Crippen LogP contribution in [0.1, 0.15) is 161 Å². The van der Waals surface area contributed by atoms with E-state index in [2.05, 4.69) is 21.7 Å². The van der Waals surface area contributed by atoms with Gasteiger partial charge in [0.05, 0.1) is 38.7 Å². The van der Waals surface area contributed by atoms with Gasteiger partial charge in [0.15, 0.2) is 6.04 Å². The highest BCUT2D eigenvalue weighted by atomic mass is 35.5. The topological polar surface area (TPSA) is 331 Å². The maximum atomic E-state index is 14.0. The molecule has 26 heteroatoms. The fraction of sp³-hybridized carbons (Fsp3) is 0.446. The monoisotopic (exact) mass is 1650 g/mol. The lowest BCUT2D eigenvalue weighted by atomic mass is 10.0. The van der Waals surface area contributed by atoms with E-state index < -0.39 is 102 Å². The van der Waals surface area contributed by atoms with Gasteiger partial charge in [0.25, 0.3) is 5.91 Å². The van der Waals surface area contributed by atoms with Crippen molar-refractivity contribution in [3.63, 3.8) is 0 Å². The molecule has 0 aliphatic rings. The molecular formula is C92H125ClN8O17. The van der Waals surface area contributed by atoms with Gasteiger partial charge >= 0.3 is 30.2 Å². The van der Waals surface area contributed by atoms with Crippen LogP contribution in [0.15, 0.2) is 200 Å². The van der Waals surface area contributed by atoms with Gasteiger partial charge in [-0.25, -0.2) is 24.0 Å². The standard InChI is InChI=1S/C37H48N2O7.C35H52N4O7.C20H24N2O3.ClH/c1-6-16-32(34(40)43-26-29-17-9-7-10-18-29)39(36(42)46-37(3,4)5)25-28(2)45-33-23-14-13-21-31(33)22-15-24-38-35(41)44-27-30-19-11-8-12-20-30;1-8-15-29(32(41)38(7)25(3)31(40)37-28(33(42)43)22-26-16-10-9-11-17-26)39(34(44)46-35(4,5)6)23-24(2)45-30-20-13-12-18-27(30)19-14-21-36;1-15(21-2)19(23)22-18(13-16-9-5-3-6-10-16)20(24)25-14-17-11-7-4-8-12-17;/h7-14,17-21,23,28,32H,6,15-16,22,24-27H2,1-5H3,(H,38,41);9-13,16-18,20,24-25,28-29H,8,14-15,19,21-23,36H2,1-7H3,(H,37,40)(H,42,43);3-12,15,18,21H,13-14H2,1-2H3,(H,22,23);1H/t28-,32+;24-,25-,28-,29+;15-,18-;/m111./s1. The number of carboxylic acids is 1. The number of hydrogen-bond acceptors (Lipinski definition) is 17. The van der Waals surface area contributed by atoms with Crippen molar-refractivity contribution in [1.82, 2.24) is 30.7 Å². The van der Waals surface area contributed by atoms with Crippen molar-refractivity contribution >= 4 is 53.9 Å². The summed E-state index contributed by atoms with van der Waals surface area (Å²) in [6.45, 7) is 23.4. The Morgan fingerprint density at radius 1 is 0.483 bits per heavy atom. The molecule has 0 fully saturated rings. The molecule has 0 radical (unpaired) electrons. The fourth-order valence-electron chi connectivity index (χ4n) is 12.0. The molecule has 0 bridgehead atoms. The van der Waals surface area contributed by atoms with Crippen LogP contribution in [0, 0.1) is 0 Å². The smallest absolute Gasteiger partial charge is 0.411 e. The summed E-state index contributed by atoms with van der Waals surface area (Å²) in [5, 5.41) is 21.8. The molecule has 8 N–H and O–H groups in total. The fourth-order valence-corrected chi connectivity index (χ4v) is 12.0. The van der Waals surface area contributed by atoms with Crippen LogP contribution in [0.3, 0.4) is 0 Å². The third-order valence-electron chi connectivity index (χ3n) is 18.4. The van der Waals surface area contributed by atoms with Crippen LogP contribution < -0.4 is 54.0 Å². The normalized spacial score (nSPS) is 13.0. The molecule has 6 amide bonds. The number of amides is 6. The lowest BCUT2D eigenvalue weighted by Gasteiger charge is -2.37. The summed E-state index contributed by atoms with van der Waals surface area (Å²) in [5.41, 5.74) is 8.73. The maximum absolute atomic E-state index is 14.0. The molecule has 0 spiro atoms. The van der Waals surface area contributed by atoms with E-state index in [-0.39, 0.29) is 63.7 Å². The Morgan fingerprint density at radius 2 is 0.856 bits per heavy atom. The zero-order valence-electron chi connectivity index (χ0n) is 71.1. The molecule has 0 aliphatic carbocycles. The number of esters is 2. The number of carboxylic acid groups (broad SMARTS) is 1. The predicted octanol–water partition coefficient (Wildman–Crippen LogP) is 7.86. The first-order valence-corrected chi connectivity index (χ1v) is 40.4. The van der Waals surface area contributed by atoms with Crippen LogP contribution >= 0.6 is 0 Å². The first kappa shape index (κ1) is 99.3. The first-order chi connectivity index (χ1) is 55.8. The second-order valence-corrected chi connectivity index (χ2v) is 30.8. The predicted molar refractivity (Wildman–Crippen MR) is 447 cm³/mol. The average molecular weight is 1650 g/mol. The number of nitrogens with zero attached hydrogens (tertiary/aromatic N) is 3. The Hall–Kier alpha value is -11.0. The molecule has 0 heterocycles. The highest BCUT2D eigenvalue weighted by Gasteiger charge is 2.39. The minimum Gasteiger partial charge on any atom is -1.00 e. The van der Waals surface area contributed by atoms with Crippen molar-refractivity contribution in [2.75, 3.05) is 40.3 Å². The number of para-hydroxylation sites is 2. The summed E-state index contributed by atoms with van der Waals surface area (Å²) < 4.78 is 40.5. The second kappa shape index (κ2) is 52.6. The number of likely N-dealkylation sites (N-methyl/N-ethyl adjacent to an activating group) is 2. The van der Waals surface area contributed by atoms with Gasteiger partial charge in [0.2, 0.25) is 11.8 Å². The van der Waals surface area contributed by atoms with Crippen LogP contribution in [-0.4, -0.2) is 169 Å². The molecule has 7 rings (SSSR count). The number of hydrogen-bond donors (Lipinski definition) is 5. The van der Waals surface area contributed by atoms with Crippen LogP contribution in [0.25, 0.3) is 0 Å². The highest BCUT2D eigenvalue weighted by Crippen LogP contribution is 2.27. The number of quaternary nitrogens is 2. The molecule has 0 saturated heterocycles. The Kier molecular flexibility index (Phi) is 44.3. The van der Waals surface area contributed by atoms with Gasteiger partial charge in [0, 0.05) is 26.4 Å². The van der Waals surface area contributed by atoms with Crippen molar-refractivity contribution in [3.8, 4) is 11.5 Å². The van der Waals surface area contributed by atoms with E-state index in [0.29, 0.717) is 68.6 Å². The van der Waals surface area contributed by atoms with Crippen molar-refractivity contribution in [1.29, 1.82) is 0 Å². The highest BCUT2D eigenvalue weighted by molar-refractivity contribution is 5.93. The quantitative estimate of drug-likeness (QED) is 0.0138. The van der Waals surface area contributed by atoms with Crippen molar-refractivity contribution < 1.29 is 105 Å². The van der Waals surface area contributed by atoms with E-state index in [9.17, 15) is 48.3 Å². The third kappa shape index (κ3) is 37.1. The van der Waals surface area contributed by atoms with E-state index in [1.54, 1.807) is 78.0 Å². The molecule has 642 valence electrons. The number of ether oxygens (including phenoxy) is 7. The molecule has 0 unspecified atom stereocenters. The number of nitrogens with one attached hydrogen (secondary N) is 3. The Balaban J connectivity index is 0.000000387. The first-order valence-electron chi connectivity index (χ1n) is 40.4. The van der Waals surface area contributed by atoms with Crippen LogP contribution in [0.2, 0.25) is 0 Å². The van der Waals surface area contributed by atoms with Gasteiger partial charge < -0.3 is 87.4 Å². The summed E-state index contributed by atoms with van der Waals surface area (Å²) in [4.78, 5) is 120. The summed E-state index contributed by atoms with van der Waals surface area (Å²) in [6.07, 6.45) is 2.69. The van der Waals surface area contributed by atoms with Crippen LogP contribution in [-0.2, 0) is 98.0 Å². The summed E-state index contributed by atoms with van der Waals surface area (Å²) >= 11 is 0. The van der Waals surface area contributed by atoms with E-state index >= 15 is 0 Å². The number of benzene rings is 7. The van der Waals surface area contributed by atoms with Gasteiger partial charge in [-0.1, -0.05) is 215 Å². The van der Waals surface area contributed by atoms with E-state index in [0.717, 1.165) is 52.8 Å².